The van der Waals surface area contributed by atoms with E-state index in [1.54, 1.807) is 36.4 Å². The predicted octanol–water partition coefficient (Wildman–Crippen LogP) is 7.42. The van der Waals surface area contributed by atoms with Crippen molar-refractivity contribution in [1.82, 2.24) is 10.2 Å². The molecule has 0 radical (unpaired) electrons. The van der Waals surface area contributed by atoms with Crippen LogP contribution >= 0.6 is 34.8 Å². The minimum atomic E-state index is -4.25. The number of anilines is 1. The normalized spacial score (nSPS) is 14.4. The first-order valence-electron chi connectivity index (χ1n) is 14.9. The van der Waals surface area contributed by atoms with Crippen LogP contribution < -0.4 is 14.4 Å². The molecule has 242 valence electrons. The summed E-state index contributed by atoms with van der Waals surface area (Å²) in [5, 5.41) is 3.97. The van der Waals surface area contributed by atoms with Gasteiger partial charge in [-0.15, -0.1) is 0 Å². The molecule has 0 aromatic heterocycles. The molecule has 0 spiro atoms. The Morgan fingerprint density at radius 2 is 1.62 bits per heavy atom. The number of hydrogen-bond acceptors (Lipinski definition) is 5. The van der Waals surface area contributed by atoms with E-state index in [0.717, 1.165) is 42.0 Å². The monoisotopic (exact) mass is 693 g/mol. The Hall–Kier alpha value is -2.98. The quantitative estimate of drug-likeness (QED) is 0.213. The second kappa shape index (κ2) is 15.5. The molecule has 1 N–H and O–H groups in total. The maximum Gasteiger partial charge on any atom is 0.264 e. The van der Waals surface area contributed by atoms with Crippen molar-refractivity contribution < 1.29 is 22.7 Å². The molecule has 1 fully saturated rings. The van der Waals surface area contributed by atoms with Crippen LogP contribution in [-0.2, 0) is 26.2 Å². The van der Waals surface area contributed by atoms with Gasteiger partial charge >= 0.3 is 0 Å². The van der Waals surface area contributed by atoms with Gasteiger partial charge in [0.1, 0.15) is 18.3 Å². The molecule has 12 heteroatoms. The number of methoxy groups -OCH3 is 1. The highest BCUT2D eigenvalue weighted by atomic mass is 35.5. The van der Waals surface area contributed by atoms with Crippen LogP contribution in [0.4, 0.5) is 5.69 Å². The lowest BCUT2D eigenvalue weighted by molar-refractivity contribution is -0.140. The van der Waals surface area contributed by atoms with Gasteiger partial charge in [-0.2, -0.15) is 0 Å². The Balaban J connectivity index is 1.74. The van der Waals surface area contributed by atoms with E-state index in [1.165, 1.54) is 36.3 Å². The zero-order chi connectivity index (χ0) is 32.7. The van der Waals surface area contributed by atoms with Gasteiger partial charge in [0, 0.05) is 12.6 Å². The summed E-state index contributed by atoms with van der Waals surface area (Å²) in [4.78, 5) is 29.5. The van der Waals surface area contributed by atoms with Crippen molar-refractivity contribution >= 4 is 62.3 Å². The lowest BCUT2D eigenvalue weighted by Gasteiger charge is -2.34. The summed E-state index contributed by atoms with van der Waals surface area (Å²) in [6.07, 6.45) is 5.26. The minimum absolute atomic E-state index is 0.00552. The third-order valence-corrected chi connectivity index (χ3v) is 10.8. The molecule has 0 bridgehead atoms. The zero-order valence-corrected chi connectivity index (χ0v) is 28.6. The van der Waals surface area contributed by atoms with E-state index in [4.69, 9.17) is 39.5 Å². The van der Waals surface area contributed by atoms with E-state index in [0.29, 0.717) is 27.8 Å². The second-order valence-electron chi connectivity index (χ2n) is 11.2. The summed E-state index contributed by atoms with van der Waals surface area (Å²) in [5.41, 5.74) is 1.69. The molecule has 4 rings (SSSR count). The number of hydrogen-bond donors (Lipinski definition) is 1. The second-order valence-corrected chi connectivity index (χ2v) is 14.3. The van der Waals surface area contributed by atoms with Crippen LogP contribution in [0.5, 0.6) is 5.75 Å². The van der Waals surface area contributed by atoms with Gasteiger partial charge in [0.15, 0.2) is 0 Å². The van der Waals surface area contributed by atoms with Crippen LogP contribution in [0.3, 0.4) is 0 Å². The first kappa shape index (κ1) is 34.9. The van der Waals surface area contributed by atoms with E-state index in [-0.39, 0.29) is 34.1 Å². The van der Waals surface area contributed by atoms with E-state index in [2.05, 4.69) is 5.32 Å². The molecule has 1 saturated carbocycles. The number of nitrogens with zero attached hydrogens (tertiary/aromatic N) is 2. The van der Waals surface area contributed by atoms with Crippen LogP contribution in [0.2, 0.25) is 15.1 Å². The third kappa shape index (κ3) is 8.64. The fourth-order valence-corrected chi connectivity index (χ4v) is 7.45. The average Bonchev–Trinajstić information content (AvgIpc) is 3.02. The zero-order valence-electron chi connectivity index (χ0n) is 25.6. The fraction of sp³-hybridized carbons (Fsp3) is 0.394. The first-order valence-corrected chi connectivity index (χ1v) is 17.5. The SMILES string of the molecule is CC[C@H](C(=O)NC1CCCCC1)N(Cc1ccc(Cl)c(Cl)c1)C(=O)CN(c1ccc(OC)c(Cl)c1)S(=O)(=O)c1ccc(C)cc1. The Morgan fingerprint density at radius 1 is 0.933 bits per heavy atom. The number of aryl methyl sites for hydroxylation is 1. The van der Waals surface area contributed by atoms with E-state index in [9.17, 15) is 18.0 Å². The van der Waals surface area contributed by atoms with Gasteiger partial charge in [-0.05, 0) is 74.2 Å². The van der Waals surface area contributed by atoms with Crippen molar-refractivity contribution in [1.29, 1.82) is 0 Å². The topological polar surface area (TPSA) is 96.0 Å². The summed E-state index contributed by atoms with van der Waals surface area (Å²) in [6, 6.07) is 15.0. The third-order valence-electron chi connectivity index (χ3n) is 7.99. The maximum absolute atomic E-state index is 14.3. The first-order chi connectivity index (χ1) is 21.4. The number of nitrogens with one attached hydrogen (secondary N) is 1. The number of sulfonamides is 1. The highest BCUT2D eigenvalue weighted by Crippen LogP contribution is 2.33. The van der Waals surface area contributed by atoms with Gasteiger partial charge in [0.25, 0.3) is 10.0 Å². The molecule has 1 aliphatic rings. The Morgan fingerprint density at radius 3 is 2.22 bits per heavy atom. The Kier molecular flexibility index (Phi) is 12.0. The standard InChI is InChI=1S/C33H38Cl3N3O5S/c1-4-30(33(41)37-24-8-6-5-7-9-24)38(20-23-12-16-27(34)28(35)18-23)32(40)21-39(25-13-17-31(44-3)29(36)19-25)45(42,43)26-14-10-22(2)11-15-26/h10-19,24,30H,4-9,20-21H2,1-3H3,(H,37,41)/t30-/m1/s1. The van der Waals surface area contributed by atoms with Crippen molar-refractivity contribution in [3.8, 4) is 5.75 Å². The molecule has 0 aliphatic heterocycles. The van der Waals surface area contributed by atoms with Gasteiger partial charge in [-0.1, -0.05) is 84.8 Å². The molecule has 8 nitrogen and oxygen atoms in total. The van der Waals surface area contributed by atoms with Gasteiger partial charge in [-0.3, -0.25) is 13.9 Å². The Bertz CT molecular complexity index is 1610. The predicted molar refractivity (Wildman–Crippen MR) is 180 cm³/mol. The van der Waals surface area contributed by atoms with Crippen LogP contribution in [0.25, 0.3) is 0 Å². The lowest BCUT2D eigenvalue weighted by Crippen LogP contribution is -2.54. The molecule has 3 aromatic rings. The van der Waals surface area contributed by atoms with Gasteiger partial charge in [0.05, 0.1) is 32.8 Å². The van der Waals surface area contributed by atoms with Crippen molar-refractivity contribution in [3.05, 3.63) is 86.9 Å². The maximum atomic E-state index is 14.3. The molecular weight excluding hydrogens is 657 g/mol. The van der Waals surface area contributed by atoms with Crippen molar-refractivity contribution in [3.63, 3.8) is 0 Å². The summed E-state index contributed by atoms with van der Waals surface area (Å²) in [6.45, 7) is 3.09. The molecule has 2 amide bonds. The molecule has 1 atom stereocenters. The number of halogens is 3. The van der Waals surface area contributed by atoms with Gasteiger partial charge < -0.3 is 15.0 Å². The summed E-state index contributed by atoms with van der Waals surface area (Å²) in [7, 11) is -2.80. The molecule has 0 heterocycles. The average molecular weight is 695 g/mol. The highest BCUT2D eigenvalue weighted by Gasteiger charge is 2.34. The molecule has 3 aromatic carbocycles. The molecule has 1 aliphatic carbocycles. The van der Waals surface area contributed by atoms with Gasteiger partial charge in [0.2, 0.25) is 11.8 Å². The minimum Gasteiger partial charge on any atom is -0.495 e. The number of rotatable bonds is 12. The summed E-state index contributed by atoms with van der Waals surface area (Å²) >= 11 is 18.9. The van der Waals surface area contributed by atoms with Crippen LogP contribution in [0.1, 0.15) is 56.6 Å². The molecule has 0 unspecified atom stereocenters. The molecule has 0 saturated heterocycles. The largest absolute Gasteiger partial charge is 0.495 e. The van der Waals surface area contributed by atoms with Crippen LogP contribution in [-0.4, -0.2) is 50.9 Å². The van der Waals surface area contributed by atoms with E-state index in [1.807, 2.05) is 13.8 Å². The number of carbonyl (C=O) groups is 2. The highest BCUT2D eigenvalue weighted by molar-refractivity contribution is 7.92. The number of benzene rings is 3. The lowest BCUT2D eigenvalue weighted by atomic mass is 9.95. The van der Waals surface area contributed by atoms with E-state index < -0.39 is 28.5 Å². The van der Waals surface area contributed by atoms with Gasteiger partial charge in [-0.25, -0.2) is 8.42 Å². The molecule has 45 heavy (non-hydrogen) atoms. The summed E-state index contributed by atoms with van der Waals surface area (Å²) < 4.78 is 34.5. The summed E-state index contributed by atoms with van der Waals surface area (Å²) in [5.74, 6) is -0.501. The Labute approximate surface area is 280 Å². The molecular formula is C33H38Cl3N3O5S. The smallest absolute Gasteiger partial charge is 0.264 e. The van der Waals surface area contributed by atoms with Crippen molar-refractivity contribution in [2.75, 3.05) is 18.0 Å². The number of ether oxygens (including phenoxy) is 1. The number of amides is 2. The number of carbonyl (C=O) groups excluding carboxylic acids is 2. The van der Waals surface area contributed by atoms with Crippen LogP contribution in [0, 0.1) is 6.92 Å². The fourth-order valence-electron chi connectivity index (χ4n) is 5.48. The van der Waals surface area contributed by atoms with Crippen LogP contribution in [0.15, 0.2) is 65.6 Å². The van der Waals surface area contributed by atoms with Crippen molar-refractivity contribution in [2.24, 2.45) is 0 Å². The van der Waals surface area contributed by atoms with Crippen molar-refractivity contribution in [2.45, 2.75) is 75.9 Å². The van der Waals surface area contributed by atoms with E-state index >= 15 is 0 Å².